The molecule has 98 valence electrons. The topological polar surface area (TPSA) is 36.3 Å². The highest BCUT2D eigenvalue weighted by Crippen LogP contribution is 2.32. The average molecular weight is 258 g/mol. The normalized spacial score (nSPS) is 11.1. The second-order valence-corrected chi connectivity index (χ2v) is 3.76. The number of rotatable bonds is 4. The van der Waals surface area contributed by atoms with Gasteiger partial charge < -0.3 is 9.64 Å². The van der Waals surface area contributed by atoms with Crippen LogP contribution >= 0.6 is 0 Å². The summed E-state index contributed by atoms with van der Waals surface area (Å²) in [5.74, 6) is 0. The predicted octanol–water partition coefficient (Wildman–Crippen LogP) is 2.66. The van der Waals surface area contributed by atoms with Gasteiger partial charge in [-0.1, -0.05) is 0 Å². The molecule has 0 atom stereocenters. The maximum Gasteiger partial charge on any atom is 0.416 e. The van der Waals surface area contributed by atoms with E-state index < -0.39 is 11.7 Å². The summed E-state index contributed by atoms with van der Waals surface area (Å²) in [6.07, 6.45) is -4.44. The largest absolute Gasteiger partial charge is 0.416 e. The third-order valence-corrected chi connectivity index (χ3v) is 2.49. The molecule has 0 heterocycles. The predicted molar refractivity (Wildman–Crippen MR) is 61.3 cm³/mol. The smallest absolute Gasteiger partial charge is 0.383 e. The van der Waals surface area contributed by atoms with Gasteiger partial charge in [0.1, 0.15) is 6.07 Å². The summed E-state index contributed by atoms with van der Waals surface area (Å²) < 4.78 is 42.4. The van der Waals surface area contributed by atoms with E-state index in [0.717, 1.165) is 12.1 Å². The molecule has 18 heavy (non-hydrogen) atoms. The van der Waals surface area contributed by atoms with E-state index in [4.69, 9.17) is 10.00 Å². The highest BCUT2D eigenvalue weighted by molar-refractivity contribution is 5.60. The summed E-state index contributed by atoms with van der Waals surface area (Å²) in [4.78, 5) is 1.68. The van der Waals surface area contributed by atoms with Crippen LogP contribution in [0.5, 0.6) is 0 Å². The van der Waals surface area contributed by atoms with Gasteiger partial charge in [0.2, 0.25) is 0 Å². The lowest BCUT2D eigenvalue weighted by molar-refractivity contribution is -0.137. The van der Waals surface area contributed by atoms with Crippen LogP contribution in [0.4, 0.5) is 18.9 Å². The van der Waals surface area contributed by atoms with Crippen LogP contribution in [0.3, 0.4) is 0 Å². The maximum absolute atomic E-state index is 12.5. The Hall–Kier alpha value is -1.74. The van der Waals surface area contributed by atoms with E-state index in [1.165, 1.54) is 13.2 Å². The minimum absolute atomic E-state index is 0.00317. The van der Waals surface area contributed by atoms with Crippen molar-refractivity contribution in [1.29, 1.82) is 5.26 Å². The fourth-order valence-corrected chi connectivity index (χ4v) is 1.48. The summed E-state index contributed by atoms with van der Waals surface area (Å²) in [5.41, 5.74) is -0.353. The first-order chi connectivity index (χ1) is 8.40. The third kappa shape index (κ3) is 3.37. The molecule has 1 aromatic carbocycles. The minimum Gasteiger partial charge on any atom is -0.383 e. The van der Waals surface area contributed by atoms with E-state index in [1.54, 1.807) is 18.0 Å². The number of halogens is 3. The molecular weight excluding hydrogens is 245 g/mol. The van der Waals surface area contributed by atoms with Gasteiger partial charge in [-0.25, -0.2) is 0 Å². The van der Waals surface area contributed by atoms with E-state index in [9.17, 15) is 13.2 Å². The van der Waals surface area contributed by atoms with Crippen molar-refractivity contribution in [3.63, 3.8) is 0 Å². The molecule has 0 aromatic heterocycles. The Morgan fingerprint density at radius 1 is 1.39 bits per heavy atom. The quantitative estimate of drug-likeness (QED) is 0.833. The summed E-state index contributed by atoms with van der Waals surface area (Å²) >= 11 is 0. The van der Waals surface area contributed by atoms with Crippen LogP contribution in [0.25, 0.3) is 0 Å². The minimum atomic E-state index is -4.44. The zero-order valence-electron chi connectivity index (χ0n) is 10.1. The number of benzene rings is 1. The molecule has 0 spiro atoms. The Balaban J connectivity index is 3.05. The van der Waals surface area contributed by atoms with Crippen molar-refractivity contribution in [3.05, 3.63) is 29.3 Å². The fourth-order valence-electron chi connectivity index (χ4n) is 1.48. The van der Waals surface area contributed by atoms with Crippen molar-refractivity contribution in [2.75, 3.05) is 32.2 Å². The molecule has 1 aromatic rings. The number of hydrogen-bond donors (Lipinski definition) is 0. The van der Waals surface area contributed by atoms with Crippen LogP contribution in [0, 0.1) is 11.3 Å². The van der Waals surface area contributed by atoms with Crippen molar-refractivity contribution in [3.8, 4) is 6.07 Å². The van der Waals surface area contributed by atoms with Crippen molar-refractivity contribution in [1.82, 2.24) is 0 Å². The van der Waals surface area contributed by atoms with Crippen LogP contribution in [0.15, 0.2) is 18.2 Å². The number of nitrogens with zero attached hydrogens (tertiary/aromatic N) is 2. The van der Waals surface area contributed by atoms with Gasteiger partial charge in [-0.2, -0.15) is 18.4 Å². The van der Waals surface area contributed by atoms with Crippen molar-refractivity contribution < 1.29 is 17.9 Å². The lowest BCUT2D eigenvalue weighted by Gasteiger charge is -2.20. The van der Waals surface area contributed by atoms with Crippen molar-refractivity contribution >= 4 is 5.69 Å². The van der Waals surface area contributed by atoms with Crippen molar-refractivity contribution in [2.45, 2.75) is 6.18 Å². The van der Waals surface area contributed by atoms with Gasteiger partial charge in [0.05, 0.1) is 23.4 Å². The van der Waals surface area contributed by atoms with Crippen LogP contribution in [0.2, 0.25) is 0 Å². The number of alkyl halides is 3. The molecule has 0 unspecified atom stereocenters. The molecule has 0 amide bonds. The number of ether oxygens (including phenoxy) is 1. The molecule has 0 aliphatic carbocycles. The summed E-state index contributed by atoms with van der Waals surface area (Å²) in [7, 11) is 3.23. The van der Waals surface area contributed by atoms with E-state index in [1.807, 2.05) is 0 Å². The summed E-state index contributed by atoms with van der Waals surface area (Å²) in [6, 6.07) is 4.92. The molecule has 0 N–H and O–H groups in total. The number of nitriles is 1. The Kier molecular flexibility index (Phi) is 4.56. The lowest BCUT2D eigenvalue weighted by Crippen LogP contribution is -2.23. The van der Waals surface area contributed by atoms with Crippen LogP contribution < -0.4 is 4.90 Å². The van der Waals surface area contributed by atoms with Gasteiger partial charge in [0, 0.05) is 20.7 Å². The molecule has 1 rings (SSSR count). The standard InChI is InChI=1S/C12H13F3N2O/c1-17(5-6-18-2)11-4-3-10(12(13,14)15)7-9(11)8-16/h3-4,7H,5-6H2,1-2H3. The zero-order chi connectivity index (χ0) is 13.8. The maximum atomic E-state index is 12.5. The van der Waals surface area contributed by atoms with Gasteiger partial charge in [-0.3, -0.25) is 0 Å². The molecule has 6 heteroatoms. The van der Waals surface area contributed by atoms with E-state index in [2.05, 4.69) is 0 Å². The van der Waals surface area contributed by atoms with Gasteiger partial charge >= 0.3 is 6.18 Å². The number of anilines is 1. The van der Waals surface area contributed by atoms with Crippen LogP contribution in [-0.2, 0) is 10.9 Å². The van der Waals surface area contributed by atoms with Gasteiger partial charge in [-0.05, 0) is 18.2 Å². The average Bonchev–Trinajstić information content (AvgIpc) is 2.34. The SMILES string of the molecule is COCCN(C)c1ccc(C(F)(F)F)cc1C#N. The monoisotopic (exact) mass is 258 g/mol. The molecule has 0 saturated heterocycles. The molecule has 0 aliphatic heterocycles. The Morgan fingerprint density at radius 3 is 2.56 bits per heavy atom. The number of methoxy groups -OCH3 is 1. The molecule has 0 radical (unpaired) electrons. The summed E-state index contributed by atoms with van der Waals surface area (Å²) in [6.45, 7) is 0.929. The highest BCUT2D eigenvalue weighted by atomic mass is 19.4. The highest BCUT2D eigenvalue weighted by Gasteiger charge is 2.31. The third-order valence-electron chi connectivity index (χ3n) is 2.49. The number of likely N-dealkylation sites (N-methyl/N-ethyl adjacent to an activating group) is 1. The molecular formula is C12H13F3N2O. The first-order valence-electron chi connectivity index (χ1n) is 5.21. The zero-order valence-corrected chi connectivity index (χ0v) is 10.1. The Labute approximate surface area is 103 Å². The van der Waals surface area contributed by atoms with Gasteiger partial charge in [-0.15, -0.1) is 0 Å². The van der Waals surface area contributed by atoms with Gasteiger partial charge in [0.15, 0.2) is 0 Å². The lowest BCUT2D eigenvalue weighted by atomic mass is 10.1. The van der Waals surface area contributed by atoms with Crippen molar-refractivity contribution in [2.24, 2.45) is 0 Å². The van der Waals surface area contributed by atoms with E-state index >= 15 is 0 Å². The first kappa shape index (κ1) is 14.3. The first-order valence-corrected chi connectivity index (χ1v) is 5.21. The molecule has 0 fully saturated rings. The fraction of sp³-hybridized carbons (Fsp3) is 0.417. The second-order valence-electron chi connectivity index (χ2n) is 3.76. The molecule has 0 bridgehead atoms. The second kappa shape index (κ2) is 5.74. The van der Waals surface area contributed by atoms with Gasteiger partial charge in [0.25, 0.3) is 0 Å². The summed E-state index contributed by atoms with van der Waals surface area (Å²) in [5, 5.41) is 8.91. The Bertz CT molecular complexity index is 452. The molecule has 0 aliphatic rings. The number of hydrogen-bond acceptors (Lipinski definition) is 3. The molecule has 0 saturated carbocycles. The van der Waals surface area contributed by atoms with Crippen LogP contribution in [-0.4, -0.2) is 27.3 Å². The Morgan fingerprint density at radius 2 is 2.06 bits per heavy atom. The van der Waals surface area contributed by atoms with E-state index in [0.29, 0.717) is 18.8 Å². The van der Waals surface area contributed by atoms with E-state index in [-0.39, 0.29) is 5.56 Å². The molecule has 3 nitrogen and oxygen atoms in total. The van der Waals surface area contributed by atoms with Crippen LogP contribution in [0.1, 0.15) is 11.1 Å².